The van der Waals surface area contributed by atoms with E-state index in [0.29, 0.717) is 0 Å². The minimum atomic E-state index is 0.0249. The summed E-state index contributed by atoms with van der Waals surface area (Å²) in [5.41, 5.74) is 7.82. The normalized spacial score (nSPS) is 14.1. The third kappa shape index (κ3) is 2.39. The van der Waals surface area contributed by atoms with Crippen LogP contribution in [0, 0.1) is 0 Å². The second-order valence-corrected chi connectivity index (χ2v) is 9.42. The SMILES string of the molecule is CC1(C)c2ccccc2-c2c(Nc3ccc4sc5ccccc5c4c3)cccc21. The first-order valence-corrected chi connectivity index (χ1v) is 10.9. The molecule has 0 unspecified atom stereocenters. The van der Waals surface area contributed by atoms with Crippen LogP contribution in [0.5, 0.6) is 0 Å². The molecule has 29 heavy (non-hydrogen) atoms. The van der Waals surface area contributed by atoms with E-state index in [9.17, 15) is 0 Å². The summed E-state index contributed by atoms with van der Waals surface area (Å²) in [6.07, 6.45) is 0. The average molecular weight is 392 g/mol. The number of benzene rings is 4. The zero-order chi connectivity index (χ0) is 19.6. The van der Waals surface area contributed by atoms with Gasteiger partial charge in [0, 0.05) is 42.5 Å². The first-order chi connectivity index (χ1) is 14.1. The van der Waals surface area contributed by atoms with E-state index < -0.39 is 0 Å². The molecule has 0 atom stereocenters. The van der Waals surface area contributed by atoms with Crippen molar-refractivity contribution in [3.05, 3.63) is 96.1 Å². The van der Waals surface area contributed by atoms with Gasteiger partial charge in [0.05, 0.1) is 0 Å². The molecule has 1 nitrogen and oxygen atoms in total. The van der Waals surface area contributed by atoms with Crippen molar-refractivity contribution in [2.75, 3.05) is 5.32 Å². The van der Waals surface area contributed by atoms with Gasteiger partial charge < -0.3 is 5.32 Å². The molecular weight excluding hydrogens is 370 g/mol. The number of anilines is 2. The Labute approximate surface area is 174 Å². The lowest BCUT2D eigenvalue weighted by molar-refractivity contribution is 0.660. The molecule has 0 saturated carbocycles. The number of thiophene rings is 1. The number of fused-ring (bicyclic) bond motifs is 6. The summed E-state index contributed by atoms with van der Waals surface area (Å²) in [5.74, 6) is 0. The van der Waals surface area contributed by atoms with Crippen LogP contribution in [0.2, 0.25) is 0 Å². The molecular formula is C27H21NS. The second kappa shape index (κ2) is 5.95. The van der Waals surface area contributed by atoms with Crippen molar-refractivity contribution in [2.24, 2.45) is 0 Å². The molecule has 1 N–H and O–H groups in total. The minimum absolute atomic E-state index is 0.0249. The minimum Gasteiger partial charge on any atom is -0.355 e. The largest absolute Gasteiger partial charge is 0.355 e. The van der Waals surface area contributed by atoms with Crippen molar-refractivity contribution in [1.82, 2.24) is 0 Å². The fraction of sp³-hybridized carbons (Fsp3) is 0.111. The molecule has 140 valence electrons. The van der Waals surface area contributed by atoms with Crippen molar-refractivity contribution < 1.29 is 0 Å². The Balaban J connectivity index is 1.51. The monoisotopic (exact) mass is 391 g/mol. The van der Waals surface area contributed by atoms with Crippen LogP contribution in [0.25, 0.3) is 31.3 Å². The van der Waals surface area contributed by atoms with Gasteiger partial charge >= 0.3 is 0 Å². The summed E-state index contributed by atoms with van der Waals surface area (Å²) in [6.45, 7) is 4.65. The molecule has 5 aromatic rings. The van der Waals surface area contributed by atoms with Gasteiger partial charge in [-0.3, -0.25) is 0 Å². The Morgan fingerprint density at radius 1 is 0.690 bits per heavy atom. The maximum atomic E-state index is 3.73. The summed E-state index contributed by atoms with van der Waals surface area (Å²) in [7, 11) is 0. The van der Waals surface area contributed by atoms with Crippen LogP contribution < -0.4 is 5.32 Å². The smallest absolute Gasteiger partial charge is 0.0467 e. The van der Waals surface area contributed by atoms with Gasteiger partial charge in [-0.2, -0.15) is 0 Å². The lowest BCUT2D eigenvalue weighted by atomic mass is 9.82. The summed E-state index contributed by atoms with van der Waals surface area (Å²) >= 11 is 1.86. The van der Waals surface area contributed by atoms with Gasteiger partial charge in [-0.15, -0.1) is 11.3 Å². The van der Waals surface area contributed by atoms with Crippen molar-refractivity contribution >= 4 is 42.9 Å². The van der Waals surface area contributed by atoms with Crippen molar-refractivity contribution in [1.29, 1.82) is 0 Å². The summed E-state index contributed by atoms with van der Waals surface area (Å²) in [5, 5.41) is 6.39. The molecule has 0 saturated heterocycles. The zero-order valence-corrected chi connectivity index (χ0v) is 17.3. The van der Waals surface area contributed by atoms with Crippen LogP contribution in [0.3, 0.4) is 0 Å². The van der Waals surface area contributed by atoms with E-state index in [-0.39, 0.29) is 5.41 Å². The lowest BCUT2D eigenvalue weighted by Gasteiger charge is -2.21. The maximum Gasteiger partial charge on any atom is 0.0467 e. The molecule has 0 spiro atoms. The Hall–Kier alpha value is -3.10. The van der Waals surface area contributed by atoms with Crippen LogP contribution in [0.1, 0.15) is 25.0 Å². The van der Waals surface area contributed by atoms with Crippen LogP contribution in [0.15, 0.2) is 84.9 Å². The van der Waals surface area contributed by atoms with Gasteiger partial charge in [0.1, 0.15) is 0 Å². The average Bonchev–Trinajstić information content (AvgIpc) is 3.22. The summed E-state index contributed by atoms with van der Waals surface area (Å²) in [6, 6.07) is 30.8. The Morgan fingerprint density at radius 3 is 2.38 bits per heavy atom. The van der Waals surface area contributed by atoms with Gasteiger partial charge in [-0.05, 0) is 47.0 Å². The van der Waals surface area contributed by atoms with Crippen LogP contribution >= 0.6 is 11.3 Å². The highest BCUT2D eigenvalue weighted by molar-refractivity contribution is 7.25. The van der Waals surface area contributed by atoms with Crippen molar-refractivity contribution in [3.63, 3.8) is 0 Å². The predicted octanol–water partition coefficient (Wildman–Crippen LogP) is 8.10. The molecule has 1 aromatic heterocycles. The van der Waals surface area contributed by atoms with Gasteiger partial charge in [0.15, 0.2) is 0 Å². The highest BCUT2D eigenvalue weighted by Crippen LogP contribution is 2.51. The van der Waals surface area contributed by atoms with E-state index in [1.807, 2.05) is 11.3 Å². The van der Waals surface area contributed by atoms with E-state index >= 15 is 0 Å². The van der Waals surface area contributed by atoms with E-state index in [4.69, 9.17) is 0 Å². The quantitative estimate of drug-likeness (QED) is 0.320. The molecule has 0 fully saturated rings. The topological polar surface area (TPSA) is 12.0 Å². The molecule has 0 aliphatic heterocycles. The summed E-state index contributed by atoms with van der Waals surface area (Å²) in [4.78, 5) is 0. The number of hydrogen-bond donors (Lipinski definition) is 1. The first kappa shape index (κ1) is 16.8. The molecule has 1 aliphatic carbocycles. The first-order valence-electron chi connectivity index (χ1n) is 10.0. The van der Waals surface area contributed by atoms with E-state index in [0.717, 1.165) is 5.69 Å². The third-order valence-electron chi connectivity index (χ3n) is 6.26. The maximum absolute atomic E-state index is 3.73. The van der Waals surface area contributed by atoms with Crippen LogP contribution in [-0.2, 0) is 5.41 Å². The number of rotatable bonds is 2. The van der Waals surface area contributed by atoms with E-state index in [1.165, 1.54) is 48.1 Å². The fourth-order valence-electron chi connectivity index (χ4n) is 4.82. The molecule has 0 bridgehead atoms. The fourth-order valence-corrected chi connectivity index (χ4v) is 5.90. The molecule has 0 amide bonds. The van der Waals surface area contributed by atoms with Crippen molar-refractivity contribution in [2.45, 2.75) is 19.3 Å². The highest BCUT2D eigenvalue weighted by Gasteiger charge is 2.36. The molecule has 1 aliphatic rings. The second-order valence-electron chi connectivity index (χ2n) is 8.33. The van der Waals surface area contributed by atoms with Gasteiger partial charge in [-0.1, -0.05) is 68.4 Å². The Kier molecular flexibility index (Phi) is 3.45. The van der Waals surface area contributed by atoms with E-state index in [2.05, 4.69) is 104 Å². The predicted molar refractivity (Wildman–Crippen MR) is 127 cm³/mol. The third-order valence-corrected chi connectivity index (χ3v) is 7.42. The highest BCUT2D eigenvalue weighted by atomic mass is 32.1. The zero-order valence-electron chi connectivity index (χ0n) is 16.5. The molecule has 1 heterocycles. The van der Waals surface area contributed by atoms with Crippen LogP contribution in [0.4, 0.5) is 11.4 Å². The number of hydrogen-bond acceptors (Lipinski definition) is 2. The molecule has 6 rings (SSSR count). The number of nitrogens with one attached hydrogen (secondary N) is 1. The van der Waals surface area contributed by atoms with E-state index in [1.54, 1.807) is 0 Å². The lowest BCUT2D eigenvalue weighted by Crippen LogP contribution is -2.14. The molecule has 4 aromatic carbocycles. The van der Waals surface area contributed by atoms with Crippen molar-refractivity contribution in [3.8, 4) is 11.1 Å². The molecule has 0 radical (unpaired) electrons. The molecule has 2 heteroatoms. The van der Waals surface area contributed by atoms with Gasteiger partial charge in [0.25, 0.3) is 0 Å². The Bertz CT molecular complexity index is 1410. The summed E-state index contributed by atoms with van der Waals surface area (Å²) < 4.78 is 2.68. The van der Waals surface area contributed by atoms with Crippen LogP contribution in [-0.4, -0.2) is 0 Å². The van der Waals surface area contributed by atoms with Gasteiger partial charge in [0.2, 0.25) is 0 Å². The van der Waals surface area contributed by atoms with Gasteiger partial charge in [-0.25, -0.2) is 0 Å². The Morgan fingerprint density at radius 2 is 1.45 bits per heavy atom. The standard InChI is InChI=1S/C27H21NS/c1-27(2)21-10-5-3-9-19(21)26-22(27)11-7-12-23(26)28-17-14-15-25-20(16-17)18-8-4-6-13-24(18)29-25/h3-16,28H,1-2H3.